The molecule has 10 nitrogen and oxygen atoms in total. The van der Waals surface area contributed by atoms with Gasteiger partial charge in [0.2, 0.25) is 0 Å². The van der Waals surface area contributed by atoms with E-state index in [2.05, 4.69) is 0 Å². The molecule has 18 heteroatoms. The van der Waals surface area contributed by atoms with E-state index in [0.29, 0.717) is 12.8 Å². The van der Waals surface area contributed by atoms with Crippen LogP contribution in [0.4, 0.5) is 47.3 Å². The van der Waals surface area contributed by atoms with E-state index in [1.54, 1.807) is 27.7 Å². The molecule has 2 aliphatic rings. The molecule has 0 bridgehead atoms. The number of anilines is 2. The van der Waals surface area contributed by atoms with Crippen LogP contribution in [0.3, 0.4) is 0 Å². The Kier molecular flexibility index (Phi) is 13.4. The first-order chi connectivity index (χ1) is 24.2. The number of hydrogen-bond donors (Lipinski definition) is 0. The van der Waals surface area contributed by atoms with Gasteiger partial charge in [0.05, 0.1) is 49.9 Å². The number of esters is 2. The summed E-state index contributed by atoms with van der Waals surface area (Å²) in [4.78, 5) is 48.2. The summed E-state index contributed by atoms with van der Waals surface area (Å²) in [5.41, 5.74) is -1.98. The number of benzene rings is 2. The Labute approximate surface area is 306 Å². The minimum atomic E-state index is -4.63. The fraction of sp³-hybridized carbons (Fsp3) is 0.529. The normalized spacial score (nSPS) is 22.6. The van der Waals surface area contributed by atoms with E-state index in [1.165, 1.54) is 9.80 Å². The summed E-state index contributed by atoms with van der Waals surface area (Å²) in [7, 11) is 2.22. The number of hydrogen-bond acceptors (Lipinski definition) is 8. The number of alkyl halides is 8. The molecule has 4 atom stereocenters. The van der Waals surface area contributed by atoms with Crippen LogP contribution in [0.15, 0.2) is 36.4 Å². The summed E-state index contributed by atoms with van der Waals surface area (Å²) < 4.78 is 98.4. The highest BCUT2D eigenvalue weighted by atomic mass is 35.5. The number of fused-ring (bicyclic) bond motifs is 2. The van der Waals surface area contributed by atoms with Crippen molar-refractivity contribution in [3.63, 3.8) is 0 Å². The molecule has 0 spiro atoms. The Morgan fingerprint density at radius 1 is 0.673 bits per heavy atom. The molecule has 0 N–H and O–H groups in total. The third-order valence-corrected chi connectivity index (χ3v) is 9.70. The van der Waals surface area contributed by atoms with Gasteiger partial charge in [-0.25, -0.2) is 19.2 Å². The lowest BCUT2D eigenvalue weighted by Gasteiger charge is -2.42. The van der Waals surface area contributed by atoms with Crippen molar-refractivity contribution in [1.82, 2.24) is 0 Å². The zero-order valence-electron chi connectivity index (χ0n) is 29.0. The van der Waals surface area contributed by atoms with Gasteiger partial charge in [0.25, 0.3) is 0 Å². The second kappa shape index (κ2) is 16.4. The van der Waals surface area contributed by atoms with Crippen molar-refractivity contribution >= 4 is 58.7 Å². The largest absolute Gasteiger partial charge is 0.467 e. The molecule has 2 heterocycles. The molecule has 4 rings (SSSR count). The highest BCUT2D eigenvalue weighted by Gasteiger charge is 2.52. The van der Waals surface area contributed by atoms with Gasteiger partial charge in [-0.1, -0.05) is 13.8 Å². The topological polar surface area (TPSA) is 112 Å². The first-order valence-electron chi connectivity index (χ1n) is 16.1. The van der Waals surface area contributed by atoms with Crippen LogP contribution in [0, 0.1) is 0 Å². The maximum absolute atomic E-state index is 13.1. The van der Waals surface area contributed by atoms with Crippen LogP contribution in [0.25, 0.3) is 0 Å². The van der Waals surface area contributed by atoms with E-state index in [9.17, 15) is 45.5 Å². The molecule has 0 saturated carbocycles. The molecule has 0 saturated heterocycles. The van der Waals surface area contributed by atoms with Crippen LogP contribution in [-0.2, 0) is 50.6 Å². The number of ether oxygens (including phenoxy) is 4. The molecule has 0 unspecified atom stereocenters. The van der Waals surface area contributed by atoms with Gasteiger partial charge in [0.1, 0.15) is 0 Å². The number of carbonyl (C=O) groups excluding carboxylic acids is 4. The van der Waals surface area contributed by atoms with Crippen molar-refractivity contribution in [2.24, 2.45) is 0 Å². The van der Waals surface area contributed by atoms with Gasteiger partial charge in [-0.05, 0) is 63.1 Å². The standard InChI is InChI=1S/2C17H19ClF3NO4/c2*1-4-11-9-16(18,14(23)25-3)12-8-10(17(19,20)21)6-7-13(12)22(11)15(24)26-5-2/h2*6-8,11H,4-5,9H2,1-3H3/t11-,16+;11-,16-/m11/s1. The maximum atomic E-state index is 13.1. The number of rotatable bonds is 6. The summed E-state index contributed by atoms with van der Waals surface area (Å²) in [6.07, 6.45) is -10.0. The fourth-order valence-electron chi connectivity index (χ4n) is 6.17. The number of methoxy groups -OCH3 is 2. The zero-order chi connectivity index (χ0) is 39.4. The first-order valence-corrected chi connectivity index (χ1v) is 16.9. The molecule has 2 aromatic rings. The average Bonchev–Trinajstić information content (AvgIpc) is 3.09. The third kappa shape index (κ3) is 8.32. The fourth-order valence-corrected chi connectivity index (χ4v) is 6.98. The van der Waals surface area contributed by atoms with Crippen LogP contribution in [0.5, 0.6) is 0 Å². The van der Waals surface area contributed by atoms with Crippen molar-refractivity contribution in [2.75, 3.05) is 37.2 Å². The Balaban J connectivity index is 0.000000280. The second-order valence-corrected chi connectivity index (χ2v) is 13.0. The molecule has 52 heavy (non-hydrogen) atoms. The van der Waals surface area contributed by atoms with Crippen LogP contribution < -0.4 is 9.80 Å². The Bertz CT molecular complexity index is 1540. The molecule has 0 aromatic heterocycles. The van der Waals surface area contributed by atoms with Crippen LogP contribution >= 0.6 is 23.2 Å². The Hall–Kier alpha value is -3.92. The molecule has 0 aliphatic carbocycles. The minimum absolute atomic E-state index is 0.0924. The van der Waals surface area contributed by atoms with Crippen LogP contribution in [-0.4, -0.2) is 63.6 Å². The molecule has 2 aliphatic heterocycles. The van der Waals surface area contributed by atoms with E-state index in [1.807, 2.05) is 0 Å². The van der Waals surface area contributed by atoms with Crippen molar-refractivity contribution in [2.45, 2.75) is 87.6 Å². The highest BCUT2D eigenvalue weighted by molar-refractivity contribution is 6.35. The summed E-state index contributed by atoms with van der Waals surface area (Å²) in [6, 6.07) is 4.47. The molecule has 2 aromatic carbocycles. The number of halogens is 8. The quantitative estimate of drug-likeness (QED) is 0.124. The van der Waals surface area contributed by atoms with E-state index in [-0.39, 0.29) is 48.6 Å². The average molecular weight is 788 g/mol. The molecule has 288 valence electrons. The zero-order valence-corrected chi connectivity index (χ0v) is 30.6. The summed E-state index contributed by atoms with van der Waals surface area (Å²) in [6.45, 7) is 7.00. The van der Waals surface area contributed by atoms with Crippen molar-refractivity contribution in [1.29, 1.82) is 0 Å². The van der Waals surface area contributed by atoms with E-state index >= 15 is 0 Å². The van der Waals surface area contributed by atoms with Crippen molar-refractivity contribution in [3.8, 4) is 0 Å². The Morgan fingerprint density at radius 3 is 1.25 bits per heavy atom. The third-order valence-electron chi connectivity index (χ3n) is 8.67. The predicted octanol–water partition coefficient (Wildman–Crippen LogP) is 8.92. The van der Waals surface area contributed by atoms with Gasteiger partial charge in [-0.15, -0.1) is 23.2 Å². The molecular formula is C34H38Cl2F6N2O8. The van der Waals surface area contributed by atoms with E-state index in [4.69, 9.17) is 42.1 Å². The van der Waals surface area contributed by atoms with Crippen LogP contribution in [0.1, 0.15) is 75.6 Å². The minimum Gasteiger partial charge on any atom is -0.467 e. The van der Waals surface area contributed by atoms with Gasteiger partial charge < -0.3 is 18.9 Å². The van der Waals surface area contributed by atoms with E-state index in [0.717, 1.165) is 50.6 Å². The first kappa shape index (κ1) is 42.5. The van der Waals surface area contributed by atoms with Gasteiger partial charge >= 0.3 is 36.5 Å². The second-order valence-electron chi connectivity index (χ2n) is 11.7. The SMILES string of the molecule is CCOC(=O)N1c2ccc(C(F)(F)F)cc2[C@@](Cl)(C(=O)OC)C[C@H]1CC.CCOC(=O)N1c2ccc(C(F)(F)F)cc2[C@](Cl)(C(=O)OC)C[C@H]1CC. The van der Waals surface area contributed by atoms with E-state index < -0.39 is 69.4 Å². The maximum Gasteiger partial charge on any atom is 0.416 e. The number of amides is 2. The predicted molar refractivity (Wildman–Crippen MR) is 178 cm³/mol. The van der Waals surface area contributed by atoms with Crippen molar-refractivity contribution < 1.29 is 64.5 Å². The Morgan fingerprint density at radius 2 is 1.00 bits per heavy atom. The van der Waals surface area contributed by atoms with Crippen molar-refractivity contribution in [3.05, 3.63) is 58.7 Å². The summed E-state index contributed by atoms with van der Waals surface area (Å²) in [5, 5.41) is 0. The monoisotopic (exact) mass is 786 g/mol. The van der Waals surface area contributed by atoms with Crippen LogP contribution in [0.2, 0.25) is 0 Å². The lowest BCUT2D eigenvalue weighted by atomic mass is 9.83. The molecule has 0 fully saturated rings. The summed E-state index contributed by atoms with van der Waals surface area (Å²) >= 11 is 13.0. The lowest BCUT2D eigenvalue weighted by molar-refractivity contribution is -0.145. The molecular weight excluding hydrogens is 749 g/mol. The number of nitrogens with zero attached hydrogens (tertiary/aromatic N) is 2. The van der Waals surface area contributed by atoms with Gasteiger partial charge in [-0.3, -0.25) is 9.80 Å². The summed E-state index contributed by atoms with van der Waals surface area (Å²) in [5.74, 6) is -1.75. The van der Waals surface area contributed by atoms with Gasteiger partial charge in [0, 0.05) is 36.1 Å². The number of carbonyl (C=O) groups is 4. The smallest absolute Gasteiger partial charge is 0.416 e. The van der Waals surface area contributed by atoms with Gasteiger partial charge in [-0.2, -0.15) is 26.3 Å². The lowest BCUT2D eigenvalue weighted by Crippen LogP contribution is -2.51. The highest BCUT2D eigenvalue weighted by Crippen LogP contribution is 2.50. The molecule has 2 amide bonds. The van der Waals surface area contributed by atoms with Gasteiger partial charge in [0.15, 0.2) is 9.75 Å². The molecule has 0 radical (unpaired) electrons.